The maximum Gasteiger partial charge on any atom is 0.313 e. The second kappa shape index (κ2) is 6.92. The van der Waals surface area contributed by atoms with E-state index in [2.05, 4.69) is 9.71 Å². The van der Waals surface area contributed by atoms with Crippen molar-refractivity contribution in [2.75, 3.05) is 18.6 Å². The van der Waals surface area contributed by atoms with E-state index >= 15 is 0 Å². The normalized spacial score (nSPS) is 11.7. The van der Waals surface area contributed by atoms with E-state index in [-0.39, 0.29) is 5.75 Å². The van der Waals surface area contributed by atoms with Gasteiger partial charge in [-0.2, -0.15) is 0 Å². The summed E-state index contributed by atoms with van der Waals surface area (Å²) in [5.74, 6) is -0.936. The molecule has 0 fully saturated rings. The van der Waals surface area contributed by atoms with E-state index in [0.29, 0.717) is 24.7 Å². The summed E-state index contributed by atoms with van der Waals surface area (Å²) < 4.78 is 26.1. The average molecular weight is 307 g/mol. The fourth-order valence-corrected chi connectivity index (χ4v) is 2.73. The highest BCUT2D eigenvalue weighted by atomic mass is 32.2. The highest BCUT2D eigenvalue weighted by molar-refractivity contribution is 7.99. The molecule has 7 nitrogen and oxygen atoms in total. The minimum atomic E-state index is -3.16. The molecule has 0 spiro atoms. The standard InChI is InChI=1S/C10H17N3O4S2/c1-8-6-11-10(18-7-9(14)15)13(8)5-3-4-12-19(2,16)17/h6,12H,3-5,7H2,1-2H3,(H,14,15). The molecule has 1 heterocycles. The Morgan fingerprint density at radius 3 is 2.84 bits per heavy atom. The highest BCUT2D eigenvalue weighted by Gasteiger charge is 2.09. The number of imidazole rings is 1. The molecule has 19 heavy (non-hydrogen) atoms. The smallest absolute Gasteiger partial charge is 0.313 e. The van der Waals surface area contributed by atoms with Crippen molar-refractivity contribution in [3.05, 3.63) is 11.9 Å². The van der Waals surface area contributed by atoms with Crippen LogP contribution in [0.2, 0.25) is 0 Å². The van der Waals surface area contributed by atoms with Crippen molar-refractivity contribution in [3.8, 4) is 0 Å². The van der Waals surface area contributed by atoms with Gasteiger partial charge >= 0.3 is 5.97 Å². The van der Waals surface area contributed by atoms with Crippen LogP contribution >= 0.6 is 11.8 Å². The number of hydrogen-bond acceptors (Lipinski definition) is 5. The molecule has 108 valence electrons. The summed E-state index contributed by atoms with van der Waals surface area (Å²) in [6.45, 7) is 2.82. The van der Waals surface area contributed by atoms with Gasteiger partial charge in [-0.3, -0.25) is 4.79 Å². The monoisotopic (exact) mass is 307 g/mol. The van der Waals surface area contributed by atoms with Gasteiger partial charge in [-0.25, -0.2) is 18.1 Å². The van der Waals surface area contributed by atoms with Gasteiger partial charge in [0.1, 0.15) is 0 Å². The second-order valence-corrected chi connectivity index (χ2v) is 6.81. The van der Waals surface area contributed by atoms with E-state index in [1.54, 1.807) is 6.20 Å². The summed E-state index contributed by atoms with van der Waals surface area (Å²) in [4.78, 5) is 14.7. The van der Waals surface area contributed by atoms with Crippen LogP contribution in [0.5, 0.6) is 0 Å². The van der Waals surface area contributed by atoms with Crippen molar-refractivity contribution in [1.82, 2.24) is 14.3 Å². The lowest BCUT2D eigenvalue weighted by atomic mass is 10.4. The maximum absolute atomic E-state index is 10.9. The number of carboxylic acids is 1. The SMILES string of the molecule is Cc1cnc(SCC(=O)O)n1CCCNS(C)(=O)=O. The first kappa shape index (κ1) is 16.0. The zero-order valence-corrected chi connectivity index (χ0v) is 12.4. The van der Waals surface area contributed by atoms with Gasteiger partial charge < -0.3 is 9.67 Å². The number of aryl methyl sites for hydroxylation is 1. The molecule has 1 aromatic rings. The number of aromatic nitrogens is 2. The second-order valence-electron chi connectivity index (χ2n) is 4.04. The summed E-state index contributed by atoms with van der Waals surface area (Å²) in [5.41, 5.74) is 0.923. The Balaban J connectivity index is 2.52. The van der Waals surface area contributed by atoms with Crippen LogP contribution in [-0.2, 0) is 21.4 Å². The first-order chi connectivity index (χ1) is 8.79. The molecule has 9 heteroatoms. The molecule has 0 radical (unpaired) electrons. The number of sulfonamides is 1. The van der Waals surface area contributed by atoms with Gasteiger partial charge in [0.15, 0.2) is 5.16 Å². The van der Waals surface area contributed by atoms with Gasteiger partial charge in [0, 0.05) is 25.0 Å². The van der Waals surface area contributed by atoms with E-state index in [0.717, 1.165) is 23.7 Å². The van der Waals surface area contributed by atoms with Gasteiger partial charge in [0.25, 0.3) is 0 Å². The van der Waals surface area contributed by atoms with Crippen LogP contribution in [0.1, 0.15) is 12.1 Å². The average Bonchev–Trinajstić information content (AvgIpc) is 2.62. The molecule has 0 atom stereocenters. The maximum atomic E-state index is 10.9. The molecule has 0 aliphatic heterocycles. The summed E-state index contributed by atoms with van der Waals surface area (Å²) >= 11 is 1.15. The zero-order valence-electron chi connectivity index (χ0n) is 10.8. The quantitative estimate of drug-likeness (QED) is 0.529. The van der Waals surface area contributed by atoms with Crippen LogP contribution in [-0.4, -0.2) is 47.6 Å². The van der Waals surface area contributed by atoms with Gasteiger partial charge in [-0.15, -0.1) is 0 Å². The molecule has 1 aromatic heterocycles. The summed E-state index contributed by atoms with van der Waals surface area (Å²) in [6, 6.07) is 0. The summed E-state index contributed by atoms with van der Waals surface area (Å²) in [6.07, 6.45) is 3.41. The number of nitrogens with one attached hydrogen (secondary N) is 1. The first-order valence-electron chi connectivity index (χ1n) is 5.61. The topological polar surface area (TPSA) is 101 Å². The molecule has 0 unspecified atom stereocenters. The van der Waals surface area contributed by atoms with E-state index in [9.17, 15) is 13.2 Å². The third-order valence-corrected chi connectivity index (χ3v) is 3.97. The zero-order chi connectivity index (χ0) is 14.5. The van der Waals surface area contributed by atoms with E-state index in [4.69, 9.17) is 5.11 Å². The Morgan fingerprint density at radius 2 is 2.26 bits per heavy atom. The molecular weight excluding hydrogens is 290 g/mol. The van der Waals surface area contributed by atoms with E-state index in [1.165, 1.54) is 0 Å². The van der Waals surface area contributed by atoms with Crippen molar-refractivity contribution in [1.29, 1.82) is 0 Å². The minimum Gasteiger partial charge on any atom is -0.481 e. The largest absolute Gasteiger partial charge is 0.481 e. The Labute approximate surface area is 116 Å². The van der Waals surface area contributed by atoms with Gasteiger partial charge in [-0.1, -0.05) is 11.8 Å². The van der Waals surface area contributed by atoms with Crippen molar-refractivity contribution < 1.29 is 18.3 Å². The highest BCUT2D eigenvalue weighted by Crippen LogP contribution is 2.18. The predicted octanol–water partition coefficient (Wildman–Crippen LogP) is 0.308. The number of rotatable bonds is 8. The Kier molecular flexibility index (Phi) is 5.83. The Hall–Kier alpha value is -1.06. The molecule has 2 N–H and O–H groups in total. The number of hydrogen-bond donors (Lipinski definition) is 2. The first-order valence-corrected chi connectivity index (χ1v) is 8.48. The van der Waals surface area contributed by atoms with Crippen molar-refractivity contribution in [3.63, 3.8) is 0 Å². The van der Waals surface area contributed by atoms with Crippen LogP contribution in [0, 0.1) is 6.92 Å². The van der Waals surface area contributed by atoms with Gasteiger partial charge in [-0.05, 0) is 13.3 Å². The van der Waals surface area contributed by atoms with Gasteiger partial charge in [0.2, 0.25) is 10.0 Å². The number of nitrogens with zero attached hydrogens (tertiary/aromatic N) is 2. The Bertz CT molecular complexity index is 539. The van der Waals surface area contributed by atoms with Crippen LogP contribution in [0.4, 0.5) is 0 Å². The number of aliphatic carboxylic acids is 1. The lowest BCUT2D eigenvalue weighted by Crippen LogP contribution is -2.24. The number of carbonyl (C=O) groups is 1. The fraction of sp³-hybridized carbons (Fsp3) is 0.600. The van der Waals surface area contributed by atoms with Crippen LogP contribution in [0.3, 0.4) is 0 Å². The van der Waals surface area contributed by atoms with Crippen molar-refractivity contribution in [2.24, 2.45) is 0 Å². The predicted molar refractivity (Wildman–Crippen MR) is 72.8 cm³/mol. The minimum absolute atomic E-state index is 0.0436. The molecule has 0 amide bonds. The van der Waals surface area contributed by atoms with Crippen molar-refractivity contribution in [2.45, 2.75) is 25.0 Å². The third kappa shape index (κ3) is 6.08. The fourth-order valence-electron chi connectivity index (χ4n) is 1.45. The molecule has 0 saturated heterocycles. The van der Waals surface area contributed by atoms with Crippen LogP contribution in [0.15, 0.2) is 11.4 Å². The molecule has 0 bridgehead atoms. The lowest BCUT2D eigenvalue weighted by molar-refractivity contribution is -0.133. The summed E-state index contributed by atoms with van der Waals surface area (Å²) in [7, 11) is -3.16. The molecule has 0 aromatic carbocycles. The molecule has 0 saturated carbocycles. The third-order valence-electron chi connectivity index (χ3n) is 2.27. The Morgan fingerprint density at radius 1 is 1.58 bits per heavy atom. The molecular formula is C10H17N3O4S2. The van der Waals surface area contributed by atoms with Crippen LogP contribution in [0.25, 0.3) is 0 Å². The number of thioether (sulfide) groups is 1. The summed E-state index contributed by atoms with van der Waals surface area (Å²) in [5, 5.41) is 9.28. The molecule has 0 aliphatic carbocycles. The van der Waals surface area contributed by atoms with Crippen LogP contribution < -0.4 is 4.72 Å². The lowest BCUT2D eigenvalue weighted by Gasteiger charge is -2.09. The van der Waals surface area contributed by atoms with Gasteiger partial charge in [0.05, 0.1) is 12.0 Å². The molecule has 0 aliphatic rings. The number of carboxylic acid groups (broad SMARTS) is 1. The molecule has 1 rings (SSSR count). The van der Waals surface area contributed by atoms with E-state index in [1.807, 2.05) is 11.5 Å². The van der Waals surface area contributed by atoms with E-state index < -0.39 is 16.0 Å². The van der Waals surface area contributed by atoms with Crippen molar-refractivity contribution >= 4 is 27.8 Å².